The molecule has 2 rings (SSSR count). The molecule has 1 aliphatic carbocycles. The molecule has 1 aromatic carbocycles. The molecular formula is C12H16O2. The minimum Gasteiger partial charge on any atom is -0.365 e. The van der Waals surface area contributed by atoms with Gasteiger partial charge in [0.25, 0.3) is 0 Å². The zero-order chi connectivity index (χ0) is 10.2. The maximum atomic E-state index is 10.1. The number of aliphatic hydroxyl groups is 1. The second-order valence-corrected chi connectivity index (χ2v) is 3.97. The standard InChI is InChI=1S/C12H16O2/c1-3-11(9-12(11,13)14-2)10-7-5-4-6-8-10/h4-8,13H,3,9H2,1-2H3/t11-,12+/m0/s1. The van der Waals surface area contributed by atoms with Gasteiger partial charge in [-0.1, -0.05) is 37.3 Å². The third-order valence-corrected chi connectivity index (χ3v) is 3.43. The Morgan fingerprint density at radius 1 is 1.36 bits per heavy atom. The van der Waals surface area contributed by atoms with Crippen LogP contribution in [0, 0.1) is 0 Å². The van der Waals surface area contributed by atoms with Gasteiger partial charge >= 0.3 is 0 Å². The first-order valence-corrected chi connectivity index (χ1v) is 5.01. The van der Waals surface area contributed by atoms with E-state index in [1.54, 1.807) is 7.11 Å². The molecule has 2 nitrogen and oxygen atoms in total. The first kappa shape index (κ1) is 9.69. The Bertz CT molecular complexity index is 322. The molecule has 1 fully saturated rings. The highest BCUT2D eigenvalue weighted by molar-refractivity contribution is 5.37. The van der Waals surface area contributed by atoms with Gasteiger partial charge in [0.15, 0.2) is 5.79 Å². The van der Waals surface area contributed by atoms with Crippen molar-refractivity contribution < 1.29 is 9.84 Å². The minimum absolute atomic E-state index is 0.178. The SMILES string of the molecule is CC[C@@]1(c2ccccc2)C[C@@]1(O)OC. The number of hydrogen-bond donors (Lipinski definition) is 1. The van der Waals surface area contributed by atoms with Crippen molar-refractivity contribution >= 4 is 0 Å². The molecule has 0 aromatic heterocycles. The van der Waals surface area contributed by atoms with Gasteiger partial charge in [0.1, 0.15) is 0 Å². The third-order valence-electron chi connectivity index (χ3n) is 3.43. The van der Waals surface area contributed by atoms with Crippen molar-refractivity contribution in [3.63, 3.8) is 0 Å². The van der Waals surface area contributed by atoms with Crippen molar-refractivity contribution in [3.05, 3.63) is 35.9 Å². The summed E-state index contributed by atoms with van der Waals surface area (Å²) in [6, 6.07) is 10.1. The average molecular weight is 192 g/mol. The summed E-state index contributed by atoms with van der Waals surface area (Å²) in [6.07, 6.45) is 1.61. The van der Waals surface area contributed by atoms with Gasteiger partial charge in [-0.3, -0.25) is 0 Å². The number of ether oxygens (including phenoxy) is 1. The average Bonchev–Trinajstić information content (AvgIpc) is 2.88. The molecule has 0 saturated heterocycles. The molecule has 2 atom stereocenters. The van der Waals surface area contributed by atoms with Gasteiger partial charge < -0.3 is 9.84 Å². The largest absolute Gasteiger partial charge is 0.365 e. The summed E-state index contributed by atoms with van der Waals surface area (Å²) in [4.78, 5) is 0. The van der Waals surface area contributed by atoms with Crippen molar-refractivity contribution in [2.75, 3.05) is 7.11 Å². The van der Waals surface area contributed by atoms with Crippen LogP contribution in [0.15, 0.2) is 30.3 Å². The van der Waals surface area contributed by atoms with E-state index < -0.39 is 5.79 Å². The second-order valence-electron chi connectivity index (χ2n) is 3.97. The van der Waals surface area contributed by atoms with E-state index in [1.807, 2.05) is 18.2 Å². The highest BCUT2D eigenvalue weighted by Gasteiger charge is 2.67. The quantitative estimate of drug-likeness (QED) is 0.743. The Balaban J connectivity index is 2.34. The zero-order valence-corrected chi connectivity index (χ0v) is 8.66. The molecule has 0 heterocycles. The van der Waals surface area contributed by atoms with Gasteiger partial charge in [-0.2, -0.15) is 0 Å². The summed E-state index contributed by atoms with van der Waals surface area (Å²) < 4.78 is 5.17. The number of benzene rings is 1. The minimum atomic E-state index is -0.941. The van der Waals surface area contributed by atoms with Crippen LogP contribution in [0.1, 0.15) is 25.3 Å². The molecule has 1 aliphatic rings. The van der Waals surface area contributed by atoms with E-state index in [9.17, 15) is 5.11 Å². The lowest BCUT2D eigenvalue weighted by atomic mass is 9.92. The van der Waals surface area contributed by atoms with E-state index >= 15 is 0 Å². The van der Waals surface area contributed by atoms with E-state index in [4.69, 9.17) is 4.74 Å². The van der Waals surface area contributed by atoms with Crippen LogP contribution >= 0.6 is 0 Å². The molecule has 0 bridgehead atoms. The topological polar surface area (TPSA) is 29.5 Å². The van der Waals surface area contributed by atoms with Gasteiger partial charge in [-0.25, -0.2) is 0 Å². The van der Waals surface area contributed by atoms with Crippen molar-refractivity contribution in [3.8, 4) is 0 Å². The van der Waals surface area contributed by atoms with Crippen LogP contribution < -0.4 is 0 Å². The van der Waals surface area contributed by atoms with E-state index in [1.165, 1.54) is 5.56 Å². The summed E-state index contributed by atoms with van der Waals surface area (Å²) in [5.74, 6) is -0.941. The first-order valence-electron chi connectivity index (χ1n) is 5.01. The van der Waals surface area contributed by atoms with Crippen molar-refractivity contribution in [2.45, 2.75) is 31.0 Å². The molecule has 0 spiro atoms. The molecule has 0 amide bonds. The fourth-order valence-electron chi connectivity index (χ4n) is 2.32. The normalized spacial score (nSPS) is 35.6. The Kier molecular flexibility index (Phi) is 2.13. The molecule has 76 valence electrons. The maximum Gasteiger partial charge on any atom is 0.176 e. The molecule has 14 heavy (non-hydrogen) atoms. The lowest BCUT2D eigenvalue weighted by Gasteiger charge is -2.19. The molecular weight excluding hydrogens is 176 g/mol. The Labute approximate surface area is 84.5 Å². The summed E-state index contributed by atoms with van der Waals surface area (Å²) >= 11 is 0. The fourth-order valence-corrected chi connectivity index (χ4v) is 2.32. The number of methoxy groups -OCH3 is 1. The van der Waals surface area contributed by atoms with Gasteiger partial charge in [0.05, 0.1) is 5.41 Å². The van der Waals surface area contributed by atoms with Crippen LogP contribution in [0.25, 0.3) is 0 Å². The molecule has 0 aliphatic heterocycles. The van der Waals surface area contributed by atoms with Gasteiger partial charge in [0.2, 0.25) is 0 Å². The van der Waals surface area contributed by atoms with Crippen molar-refractivity contribution in [2.24, 2.45) is 0 Å². The molecule has 1 N–H and O–H groups in total. The van der Waals surface area contributed by atoms with Crippen LogP contribution in [-0.2, 0) is 10.2 Å². The Morgan fingerprint density at radius 2 is 2.00 bits per heavy atom. The van der Waals surface area contributed by atoms with E-state index in [0.717, 1.165) is 6.42 Å². The third kappa shape index (κ3) is 1.11. The van der Waals surface area contributed by atoms with Gasteiger partial charge in [-0.05, 0) is 12.0 Å². The monoisotopic (exact) mass is 192 g/mol. The summed E-state index contributed by atoms with van der Waals surface area (Å²) in [5.41, 5.74) is 0.995. The van der Waals surface area contributed by atoms with Crippen molar-refractivity contribution in [1.82, 2.24) is 0 Å². The Morgan fingerprint density at radius 3 is 2.43 bits per heavy atom. The van der Waals surface area contributed by atoms with E-state index in [0.29, 0.717) is 6.42 Å². The van der Waals surface area contributed by atoms with Crippen LogP contribution in [-0.4, -0.2) is 18.0 Å². The summed E-state index contributed by atoms with van der Waals surface area (Å²) in [6.45, 7) is 2.09. The Hall–Kier alpha value is -0.860. The van der Waals surface area contributed by atoms with Gasteiger partial charge in [-0.15, -0.1) is 0 Å². The lowest BCUT2D eigenvalue weighted by Crippen LogP contribution is -2.25. The lowest BCUT2D eigenvalue weighted by molar-refractivity contribution is -0.120. The maximum absolute atomic E-state index is 10.1. The molecule has 0 radical (unpaired) electrons. The molecule has 1 saturated carbocycles. The second kappa shape index (κ2) is 3.07. The first-order chi connectivity index (χ1) is 6.68. The van der Waals surface area contributed by atoms with Gasteiger partial charge in [0, 0.05) is 13.5 Å². The highest BCUT2D eigenvalue weighted by Crippen LogP contribution is 2.60. The fraction of sp³-hybridized carbons (Fsp3) is 0.500. The zero-order valence-electron chi connectivity index (χ0n) is 8.66. The number of hydrogen-bond acceptors (Lipinski definition) is 2. The predicted molar refractivity (Wildman–Crippen MR) is 55.0 cm³/mol. The van der Waals surface area contributed by atoms with Crippen LogP contribution in [0.2, 0.25) is 0 Å². The highest BCUT2D eigenvalue weighted by atomic mass is 16.6. The van der Waals surface area contributed by atoms with E-state index in [-0.39, 0.29) is 5.41 Å². The number of rotatable bonds is 3. The molecule has 0 unspecified atom stereocenters. The van der Waals surface area contributed by atoms with Crippen LogP contribution in [0.5, 0.6) is 0 Å². The summed E-state index contributed by atoms with van der Waals surface area (Å²) in [5, 5.41) is 10.1. The van der Waals surface area contributed by atoms with E-state index in [2.05, 4.69) is 19.1 Å². The van der Waals surface area contributed by atoms with Crippen LogP contribution in [0.3, 0.4) is 0 Å². The molecule has 1 aromatic rings. The smallest absolute Gasteiger partial charge is 0.176 e. The molecule has 2 heteroatoms. The van der Waals surface area contributed by atoms with Crippen LogP contribution in [0.4, 0.5) is 0 Å². The van der Waals surface area contributed by atoms with Crippen molar-refractivity contribution in [1.29, 1.82) is 0 Å². The summed E-state index contributed by atoms with van der Waals surface area (Å²) in [7, 11) is 1.57. The predicted octanol–water partition coefficient (Wildman–Crippen LogP) is 2.07.